The summed E-state index contributed by atoms with van der Waals surface area (Å²) in [6.45, 7) is 2.78. The Morgan fingerprint density at radius 1 is 1.28 bits per heavy atom. The van der Waals surface area contributed by atoms with Crippen LogP contribution in [0, 0.1) is 0 Å². The molecule has 2 nitrogen and oxygen atoms in total. The predicted molar refractivity (Wildman–Crippen MR) is 77.7 cm³/mol. The summed E-state index contributed by atoms with van der Waals surface area (Å²) in [5.41, 5.74) is 1.03. The van der Waals surface area contributed by atoms with Gasteiger partial charge in [0.2, 0.25) is 0 Å². The van der Waals surface area contributed by atoms with Crippen molar-refractivity contribution in [2.75, 3.05) is 0 Å². The summed E-state index contributed by atoms with van der Waals surface area (Å²) in [7, 11) is 0. The van der Waals surface area contributed by atoms with Crippen LogP contribution in [0.4, 0.5) is 0 Å². The minimum absolute atomic E-state index is 0.110. The molecule has 1 unspecified atom stereocenters. The molecule has 0 aliphatic heterocycles. The van der Waals surface area contributed by atoms with E-state index in [0.29, 0.717) is 11.6 Å². The molecule has 0 spiro atoms. The normalized spacial score (nSPS) is 12.6. The van der Waals surface area contributed by atoms with Crippen molar-refractivity contribution < 1.29 is 5.11 Å². The van der Waals surface area contributed by atoms with Gasteiger partial charge < -0.3 is 10.4 Å². The van der Waals surface area contributed by atoms with E-state index in [9.17, 15) is 5.11 Å². The van der Waals surface area contributed by atoms with E-state index in [1.165, 1.54) is 4.88 Å². The highest BCUT2D eigenvalue weighted by Gasteiger charge is 2.08. The summed E-state index contributed by atoms with van der Waals surface area (Å²) < 4.78 is 0.798. The maximum atomic E-state index is 9.34. The van der Waals surface area contributed by atoms with Gasteiger partial charge in [-0.05, 0) is 36.8 Å². The molecule has 5 heteroatoms. The molecular weight excluding hydrogens is 289 g/mol. The van der Waals surface area contributed by atoms with Gasteiger partial charge in [-0.3, -0.25) is 0 Å². The summed E-state index contributed by atoms with van der Waals surface area (Å²) in [6, 6.07) is 9.37. The molecule has 0 bridgehead atoms. The quantitative estimate of drug-likeness (QED) is 0.864. The molecule has 0 aliphatic carbocycles. The van der Waals surface area contributed by atoms with Crippen LogP contribution < -0.4 is 5.32 Å². The van der Waals surface area contributed by atoms with E-state index in [-0.39, 0.29) is 11.8 Å². The van der Waals surface area contributed by atoms with Gasteiger partial charge in [0.25, 0.3) is 0 Å². The number of aromatic hydroxyl groups is 1. The van der Waals surface area contributed by atoms with Crippen LogP contribution in [0.1, 0.15) is 23.4 Å². The molecule has 0 aliphatic rings. The second-order valence-electron chi connectivity index (χ2n) is 4.03. The molecule has 0 radical (unpaired) electrons. The van der Waals surface area contributed by atoms with E-state index in [2.05, 4.69) is 12.2 Å². The number of thiophene rings is 1. The SMILES string of the molecule is CC(NCc1ccc(O)c(Cl)c1)c1ccc(Cl)s1. The Morgan fingerprint density at radius 3 is 2.67 bits per heavy atom. The first-order valence-electron chi connectivity index (χ1n) is 5.52. The largest absolute Gasteiger partial charge is 0.506 e. The van der Waals surface area contributed by atoms with Crippen molar-refractivity contribution in [1.82, 2.24) is 5.32 Å². The molecule has 96 valence electrons. The van der Waals surface area contributed by atoms with Crippen molar-refractivity contribution in [3.8, 4) is 5.75 Å². The van der Waals surface area contributed by atoms with Crippen LogP contribution >= 0.6 is 34.5 Å². The first-order valence-corrected chi connectivity index (χ1v) is 7.09. The minimum atomic E-state index is 0.110. The Kier molecular flexibility index (Phi) is 4.51. The Labute approximate surface area is 120 Å². The second-order valence-corrected chi connectivity index (χ2v) is 6.18. The monoisotopic (exact) mass is 301 g/mol. The third-order valence-electron chi connectivity index (χ3n) is 2.65. The Bertz CT molecular complexity index is 542. The molecule has 0 fully saturated rings. The smallest absolute Gasteiger partial charge is 0.134 e. The van der Waals surface area contributed by atoms with Crippen LogP contribution in [0.15, 0.2) is 30.3 Å². The van der Waals surface area contributed by atoms with Crippen LogP contribution in [0.5, 0.6) is 5.75 Å². The first-order chi connectivity index (χ1) is 8.56. The van der Waals surface area contributed by atoms with Crippen molar-refractivity contribution in [1.29, 1.82) is 0 Å². The van der Waals surface area contributed by atoms with Gasteiger partial charge in [0.1, 0.15) is 5.75 Å². The van der Waals surface area contributed by atoms with Crippen LogP contribution in [-0.4, -0.2) is 5.11 Å². The third kappa shape index (κ3) is 3.39. The van der Waals surface area contributed by atoms with E-state index >= 15 is 0 Å². The number of phenols is 1. The summed E-state index contributed by atoms with van der Waals surface area (Å²) in [5.74, 6) is 0.110. The zero-order chi connectivity index (χ0) is 13.1. The van der Waals surface area contributed by atoms with Gasteiger partial charge in [-0.25, -0.2) is 0 Å². The predicted octanol–water partition coefficient (Wildman–Crippen LogP) is 4.61. The first kappa shape index (κ1) is 13.7. The fourth-order valence-corrected chi connectivity index (χ4v) is 2.88. The molecule has 2 N–H and O–H groups in total. The number of rotatable bonds is 4. The van der Waals surface area contributed by atoms with Gasteiger partial charge in [0.15, 0.2) is 0 Å². The molecule has 2 rings (SSSR count). The second kappa shape index (κ2) is 5.93. The molecule has 0 saturated heterocycles. The lowest BCUT2D eigenvalue weighted by Crippen LogP contribution is -2.17. The fraction of sp³-hybridized carbons (Fsp3) is 0.231. The zero-order valence-corrected chi connectivity index (χ0v) is 12.1. The standard InChI is InChI=1S/C13H13Cl2NOS/c1-8(12-4-5-13(15)18-12)16-7-9-2-3-11(17)10(14)6-9/h2-6,8,16-17H,7H2,1H3. The molecule has 0 amide bonds. The van der Waals surface area contributed by atoms with Crippen molar-refractivity contribution in [2.24, 2.45) is 0 Å². The van der Waals surface area contributed by atoms with E-state index in [4.69, 9.17) is 23.2 Å². The van der Waals surface area contributed by atoms with E-state index < -0.39 is 0 Å². The van der Waals surface area contributed by atoms with Gasteiger partial charge >= 0.3 is 0 Å². The number of nitrogens with one attached hydrogen (secondary N) is 1. The van der Waals surface area contributed by atoms with Crippen LogP contribution in [0.25, 0.3) is 0 Å². The zero-order valence-electron chi connectivity index (χ0n) is 9.78. The van der Waals surface area contributed by atoms with E-state index in [1.807, 2.05) is 18.2 Å². The number of halogens is 2. The molecule has 1 heterocycles. The van der Waals surface area contributed by atoms with Crippen LogP contribution in [0.3, 0.4) is 0 Å². The molecule has 18 heavy (non-hydrogen) atoms. The lowest BCUT2D eigenvalue weighted by Gasteiger charge is -2.12. The Balaban J connectivity index is 1.97. The molecule has 1 aromatic heterocycles. The molecular formula is C13H13Cl2NOS. The number of hydrogen-bond donors (Lipinski definition) is 2. The van der Waals surface area contributed by atoms with Gasteiger partial charge in [0, 0.05) is 17.5 Å². The Morgan fingerprint density at radius 2 is 2.06 bits per heavy atom. The summed E-state index contributed by atoms with van der Waals surface area (Å²) >= 11 is 13.3. The van der Waals surface area contributed by atoms with Gasteiger partial charge in [-0.15, -0.1) is 11.3 Å². The minimum Gasteiger partial charge on any atom is -0.506 e. The van der Waals surface area contributed by atoms with Crippen molar-refractivity contribution in [3.63, 3.8) is 0 Å². The highest BCUT2D eigenvalue weighted by Crippen LogP contribution is 2.27. The third-order valence-corrected chi connectivity index (χ3v) is 4.36. The number of phenolic OH excluding ortho intramolecular Hbond substituents is 1. The summed E-state index contributed by atoms with van der Waals surface area (Å²) in [6.07, 6.45) is 0. The van der Waals surface area contributed by atoms with Crippen LogP contribution in [0.2, 0.25) is 9.36 Å². The maximum Gasteiger partial charge on any atom is 0.134 e. The van der Waals surface area contributed by atoms with Gasteiger partial charge in [0.05, 0.1) is 9.36 Å². The Hall–Kier alpha value is -0.740. The van der Waals surface area contributed by atoms with Crippen LogP contribution in [-0.2, 0) is 6.54 Å². The highest BCUT2D eigenvalue weighted by molar-refractivity contribution is 7.16. The topological polar surface area (TPSA) is 32.3 Å². The summed E-state index contributed by atoms with van der Waals surface area (Å²) in [4.78, 5) is 1.20. The average molecular weight is 302 g/mol. The highest BCUT2D eigenvalue weighted by atomic mass is 35.5. The average Bonchev–Trinajstić information content (AvgIpc) is 2.77. The van der Waals surface area contributed by atoms with Gasteiger partial charge in [-0.2, -0.15) is 0 Å². The number of benzene rings is 1. The molecule has 0 saturated carbocycles. The molecule has 1 atom stereocenters. The maximum absolute atomic E-state index is 9.34. The van der Waals surface area contributed by atoms with Crippen molar-refractivity contribution in [2.45, 2.75) is 19.5 Å². The lowest BCUT2D eigenvalue weighted by molar-refractivity contribution is 0.475. The van der Waals surface area contributed by atoms with Gasteiger partial charge in [-0.1, -0.05) is 29.3 Å². The number of hydrogen-bond acceptors (Lipinski definition) is 3. The van der Waals surface area contributed by atoms with E-state index in [1.54, 1.807) is 23.5 Å². The lowest BCUT2D eigenvalue weighted by atomic mass is 10.2. The fourth-order valence-electron chi connectivity index (χ4n) is 1.59. The van der Waals surface area contributed by atoms with E-state index in [0.717, 1.165) is 9.90 Å². The van der Waals surface area contributed by atoms with Crippen molar-refractivity contribution >= 4 is 34.5 Å². The molecule has 2 aromatic rings. The van der Waals surface area contributed by atoms with Crippen molar-refractivity contribution in [3.05, 3.63) is 50.1 Å². The summed E-state index contributed by atoms with van der Waals surface area (Å²) in [5, 5.41) is 13.1. The molecule has 1 aromatic carbocycles.